The summed E-state index contributed by atoms with van der Waals surface area (Å²) in [5.74, 6) is 0. The smallest absolute Gasteiger partial charge is 0.133 e. The van der Waals surface area contributed by atoms with Crippen molar-refractivity contribution in [3.8, 4) is 0 Å². The van der Waals surface area contributed by atoms with Gasteiger partial charge < -0.3 is 5.32 Å². The monoisotopic (exact) mass is 265 g/mol. The minimum atomic E-state index is 0.655. The van der Waals surface area contributed by atoms with Gasteiger partial charge >= 0.3 is 0 Å². The summed E-state index contributed by atoms with van der Waals surface area (Å²) in [5.41, 5.74) is 1.16. The summed E-state index contributed by atoms with van der Waals surface area (Å²) in [6.07, 6.45) is 7.06. The maximum Gasteiger partial charge on any atom is 0.133 e. The molecule has 0 bridgehead atoms. The molecule has 0 aromatic carbocycles. The van der Waals surface area contributed by atoms with E-state index in [1.54, 1.807) is 6.20 Å². The Hall–Kier alpha value is -0.640. The fourth-order valence-corrected chi connectivity index (χ4v) is 2.91. The van der Waals surface area contributed by atoms with Crippen molar-refractivity contribution in [3.63, 3.8) is 0 Å². The van der Waals surface area contributed by atoms with Gasteiger partial charge in [0, 0.05) is 36.9 Å². The Morgan fingerprint density at radius 1 is 1.39 bits per heavy atom. The van der Waals surface area contributed by atoms with Crippen LogP contribution in [0.2, 0.25) is 5.15 Å². The first kappa shape index (κ1) is 12.4. The van der Waals surface area contributed by atoms with Gasteiger partial charge in [-0.05, 0) is 38.3 Å². The number of hydrogen-bond acceptors (Lipinski definition) is 3. The lowest BCUT2D eigenvalue weighted by molar-refractivity contribution is 0.231. The second-order valence-electron chi connectivity index (χ2n) is 5.41. The van der Waals surface area contributed by atoms with Gasteiger partial charge in [-0.15, -0.1) is 0 Å². The van der Waals surface area contributed by atoms with Crippen molar-refractivity contribution in [3.05, 3.63) is 29.0 Å². The molecule has 0 spiro atoms. The summed E-state index contributed by atoms with van der Waals surface area (Å²) < 4.78 is 0. The maximum atomic E-state index is 6.16. The molecule has 1 saturated carbocycles. The number of pyridine rings is 1. The van der Waals surface area contributed by atoms with E-state index < -0.39 is 0 Å². The standard InChI is InChI=1S/C14H20ClN3/c15-14-11(3-1-8-17-14)9-18(13-5-6-13)10-12-4-2-7-16-12/h1,3,8,12-13,16H,2,4-7,9-10H2. The molecule has 1 unspecified atom stereocenters. The lowest BCUT2D eigenvalue weighted by Gasteiger charge is -2.25. The van der Waals surface area contributed by atoms with E-state index >= 15 is 0 Å². The molecule has 2 heterocycles. The average molecular weight is 266 g/mol. The summed E-state index contributed by atoms with van der Waals surface area (Å²) in [7, 11) is 0. The van der Waals surface area contributed by atoms with E-state index in [2.05, 4.69) is 21.3 Å². The number of rotatable bonds is 5. The molecular weight excluding hydrogens is 246 g/mol. The van der Waals surface area contributed by atoms with Crippen molar-refractivity contribution >= 4 is 11.6 Å². The van der Waals surface area contributed by atoms with Gasteiger partial charge in [0.2, 0.25) is 0 Å². The number of hydrogen-bond donors (Lipinski definition) is 1. The van der Waals surface area contributed by atoms with Gasteiger partial charge in [0.1, 0.15) is 5.15 Å². The van der Waals surface area contributed by atoms with Crippen molar-refractivity contribution < 1.29 is 0 Å². The summed E-state index contributed by atoms with van der Waals surface area (Å²) in [6.45, 7) is 3.27. The Labute approximate surface area is 114 Å². The van der Waals surface area contributed by atoms with Crippen LogP contribution in [0.25, 0.3) is 0 Å². The molecule has 4 heteroatoms. The van der Waals surface area contributed by atoms with Gasteiger partial charge in [-0.1, -0.05) is 17.7 Å². The van der Waals surface area contributed by atoms with Crippen LogP contribution in [0.3, 0.4) is 0 Å². The van der Waals surface area contributed by atoms with E-state index in [1.165, 1.54) is 32.2 Å². The zero-order chi connectivity index (χ0) is 12.4. The average Bonchev–Trinajstić information content (AvgIpc) is 3.10. The number of halogens is 1. The largest absolute Gasteiger partial charge is 0.313 e. The minimum Gasteiger partial charge on any atom is -0.313 e. The molecule has 1 aromatic rings. The zero-order valence-electron chi connectivity index (χ0n) is 10.6. The van der Waals surface area contributed by atoms with Crippen molar-refractivity contribution in [2.75, 3.05) is 13.1 Å². The summed E-state index contributed by atoms with van der Waals surface area (Å²) >= 11 is 6.16. The molecule has 1 saturated heterocycles. The molecule has 1 atom stereocenters. The van der Waals surface area contributed by atoms with E-state index in [0.29, 0.717) is 11.2 Å². The zero-order valence-corrected chi connectivity index (χ0v) is 11.4. The van der Waals surface area contributed by atoms with E-state index in [0.717, 1.165) is 24.7 Å². The molecule has 0 amide bonds. The normalized spacial score (nSPS) is 23.8. The van der Waals surface area contributed by atoms with Gasteiger partial charge in [-0.25, -0.2) is 4.98 Å². The topological polar surface area (TPSA) is 28.2 Å². The Kier molecular flexibility index (Phi) is 3.83. The first-order valence-electron chi connectivity index (χ1n) is 6.90. The number of aromatic nitrogens is 1. The third kappa shape index (κ3) is 3.02. The second-order valence-corrected chi connectivity index (χ2v) is 5.77. The van der Waals surface area contributed by atoms with Crippen LogP contribution in [-0.2, 0) is 6.54 Å². The predicted molar refractivity (Wildman–Crippen MR) is 73.7 cm³/mol. The Morgan fingerprint density at radius 3 is 2.94 bits per heavy atom. The molecule has 98 valence electrons. The Balaban J connectivity index is 1.64. The van der Waals surface area contributed by atoms with Crippen LogP contribution in [0.4, 0.5) is 0 Å². The van der Waals surface area contributed by atoms with Gasteiger partial charge in [0.25, 0.3) is 0 Å². The molecule has 2 aliphatic rings. The fourth-order valence-electron chi connectivity index (χ4n) is 2.73. The van der Waals surface area contributed by atoms with Crippen molar-refractivity contribution in [1.82, 2.24) is 15.2 Å². The Morgan fingerprint density at radius 2 is 2.28 bits per heavy atom. The van der Waals surface area contributed by atoms with Crippen molar-refractivity contribution in [2.45, 2.75) is 44.3 Å². The molecule has 2 fully saturated rings. The van der Waals surface area contributed by atoms with Gasteiger partial charge in [0.15, 0.2) is 0 Å². The molecule has 1 aliphatic heterocycles. The quantitative estimate of drug-likeness (QED) is 0.829. The van der Waals surface area contributed by atoms with Crippen LogP contribution in [0.1, 0.15) is 31.2 Å². The minimum absolute atomic E-state index is 0.655. The van der Waals surface area contributed by atoms with Crippen LogP contribution < -0.4 is 5.32 Å². The highest BCUT2D eigenvalue weighted by Gasteiger charge is 2.31. The van der Waals surface area contributed by atoms with Crippen LogP contribution in [0, 0.1) is 0 Å². The number of nitrogens with one attached hydrogen (secondary N) is 1. The molecule has 18 heavy (non-hydrogen) atoms. The van der Waals surface area contributed by atoms with Crippen molar-refractivity contribution in [1.29, 1.82) is 0 Å². The third-order valence-electron chi connectivity index (χ3n) is 3.89. The second kappa shape index (κ2) is 5.55. The summed E-state index contributed by atoms with van der Waals surface area (Å²) in [5, 5.41) is 4.23. The summed E-state index contributed by atoms with van der Waals surface area (Å²) in [6, 6.07) is 5.50. The first-order chi connectivity index (χ1) is 8.83. The van der Waals surface area contributed by atoms with Gasteiger partial charge in [0.05, 0.1) is 0 Å². The highest BCUT2D eigenvalue weighted by Crippen LogP contribution is 2.30. The summed E-state index contributed by atoms with van der Waals surface area (Å²) in [4.78, 5) is 6.74. The van der Waals surface area contributed by atoms with Crippen LogP contribution >= 0.6 is 11.6 Å². The molecule has 1 N–H and O–H groups in total. The Bertz CT molecular complexity index is 400. The molecule has 0 radical (unpaired) electrons. The van der Waals surface area contributed by atoms with Gasteiger partial charge in [-0.3, -0.25) is 4.90 Å². The van der Waals surface area contributed by atoms with E-state index in [-0.39, 0.29) is 0 Å². The van der Waals surface area contributed by atoms with Crippen LogP contribution in [-0.4, -0.2) is 35.1 Å². The van der Waals surface area contributed by atoms with E-state index in [9.17, 15) is 0 Å². The van der Waals surface area contributed by atoms with E-state index in [4.69, 9.17) is 11.6 Å². The fraction of sp³-hybridized carbons (Fsp3) is 0.643. The number of nitrogens with zero attached hydrogens (tertiary/aromatic N) is 2. The lowest BCUT2D eigenvalue weighted by Crippen LogP contribution is -2.38. The predicted octanol–water partition coefficient (Wildman–Crippen LogP) is 2.45. The van der Waals surface area contributed by atoms with Crippen molar-refractivity contribution in [2.24, 2.45) is 0 Å². The molecule has 1 aliphatic carbocycles. The molecule has 3 rings (SSSR count). The van der Waals surface area contributed by atoms with Crippen LogP contribution in [0.15, 0.2) is 18.3 Å². The highest BCUT2D eigenvalue weighted by atomic mass is 35.5. The highest BCUT2D eigenvalue weighted by molar-refractivity contribution is 6.30. The van der Waals surface area contributed by atoms with Crippen LogP contribution in [0.5, 0.6) is 0 Å². The SMILES string of the molecule is Clc1ncccc1CN(CC1CCCN1)C1CC1. The third-order valence-corrected chi connectivity index (χ3v) is 4.23. The van der Waals surface area contributed by atoms with Gasteiger partial charge in [-0.2, -0.15) is 0 Å². The molecular formula is C14H20ClN3. The molecule has 1 aromatic heterocycles. The maximum absolute atomic E-state index is 6.16. The lowest BCUT2D eigenvalue weighted by atomic mass is 10.2. The van der Waals surface area contributed by atoms with E-state index in [1.807, 2.05) is 6.07 Å². The molecule has 3 nitrogen and oxygen atoms in total. The first-order valence-corrected chi connectivity index (χ1v) is 7.27.